The lowest BCUT2D eigenvalue weighted by Crippen LogP contribution is -2.23. The maximum atomic E-state index is 12.5. The fraction of sp³-hybridized carbons (Fsp3) is 0.316. The van der Waals surface area contributed by atoms with Crippen LogP contribution in [0.1, 0.15) is 26.5 Å². The van der Waals surface area contributed by atoms with E-state index in [1.165, 1.54) is 11.3 Å². The van der Waals surface area contributed by atoms with Gasteiger partial charge in [0.25, 0.3) is 11.1 Å². The molecule has 9 nitrogen and oxygen atoms in total. The van der Waals surface area contributed by atoms with Gasteiger partial charge in [0.1, 0.15) is 6.61 Å². The van der Waals surface area contributed by atoms with Crippen LogP contribution in [0, 0.1) is 0 Å². The van der Waals surface area contributed by atoms with Crippen molar-refractivity contribution in [2.24, 2.45) is 0 Å². The topological polar surface area (TPSA) is 121 Å². The number of benzene rings is 1. The van der Waals surface area contributed by atoms with Gasteiger partial charge in [-0.3, -0.25) is 4.79 Å². The number of hydrogen-bond acceptors (Lipinski definition) is 10. The molecule has 0 saturated carbocycles. The van der Waals surface area contributed by atoms with E-state index in [2.05, 4.69) is 14.9 Å². The van der Waals surface area contributed by atoms with E-state index in [4.69, 9.17) is 13.9 Å². The van der Waals surface area contributed by atoms with Gasteiger partial charge in [-0.05, 0) is 30.7 Å². The first-order valence-electron chi connectivity index (χ1n) is 9.28. The highest BCUT2D eigenvalue weighted by Gasteiger charge is 2.27. The zero-order valence-corrected chi connectivity index (χ0v) is 18.9. The van der Waals surface area contributed by atoms with Gasteiger partial charge in [-0.25, -0.2) is 13.1 Å². The molecule has 1 unspecified atom stereocenters. The number of aromatic nitrogens is 2. The number of carbonyl (C=O) groups excluding carboxylic acids is 1. The second-order valence-corrected chi connectivity index (χ2v) is 10.6. The lowest BCUT2D eigenvalue weighted by molar-refractivity contribution is 0.0686. The zero-order valence-electron chi connectivity index (χ0n) is 16.4. The third-order valence-electron chi connectivity index (χ3n) is 4.20. The Labute approximate surface area is 187 Å². The summed E-state index contributed by atoms with van der Waals surface area (Å²) in [6.07, 6.45) is 1.13. The molecule has 1 aliphatic rings. The van der Waals surface area contributed by atoms with Crippen molar-refractivity contribution in [1.29, 1.82) is 0 Å². The summed E-state index contributed by atoms with van der Waals surface area (Å²) in [5.41, 5.74) is 0. The van der Waals surface area contributed by atoms with Gasteiger partial charge in [-0.1, -0.05) is 23.9 Å². The quantitative estimate of drug-likeness (QED) is 0.363. The maximum Gasteiger partial charge on any atom is 0.277 e. The van der Waals surface area contributed by atoms with Gasteiger partial charge in [0.2, 0.25) is 16.1 Å². The van der Waals surface area contributed by atoms with Gasteiger partial charge in [0.15, 0.2) is 17.3 Å². The highest BCUT2D eigenvalue weighted by Crippen LogP contribution is 2.36. The molecule has 31 heavy (non-hydrogen) atoms. The van der Waals surface area contributed by atoms with Crippen LogP contribution < -0.4 is 14.2 Å². The molecule has 0 bridgehead atoms. The van der Waals surface area contributed by atoms with Crippen molar-refractivity contribution in [3.63, 3.8) is 0 Å². The zero-order chi connectivity index (χ0) is 21.8. The van der Waals surface area contributed by atoms with Crippen LogP contribution in [0.25, 0.3) is 0 Å². The number of carbonyl (C=O) groups is 1. The molecule has 1 aromatic carbocycles. The van der Waals surface area contributed by atoms with Gasteiger partial charge in [-0.15, -0.1) is 21.5 Å². The van der Waals surface area contributed by atoms with E-state index in [0.29, 0.717) is 35.2 Å². The molecule has 0 radical (unpaired) electrons. The number of nitrogens with zero attached hydrogens (tertiary/aromatic N) is 2. The Hall–Kier alpha value is -2.41. The Bertz CT molecular complexity index is 1170. The summed E-state index contributed by atoms with van der Waals surface area (Å²) >= 11 is 2.50. The van der Waals surface area contributed by atoms with Crippen molar-refractivity contribution in [2.75, 3.05) is 25.2 Å². The number of nitrogens with one attached hydrogen (secondary N) is 1. The lowest BCUT2D eigenvalue weighted by Gasteiger charge is -2.23. The molecule has 164 valence electrons. The summed E-state index contributed by atoms with van der Waals surface area (Å²) in [7, 11) is -3.22. The molecule has 3 aromatic rings. The summed E-state index contributed by atoms with van der Waals surface area (Å²) in [5.74, 6) is 1.65. The van der Waals surface area contributed by atoms with Crippen molar-refractivity contribution in [2.45, 2.75) is 17.7 Å². The molecule has 2 aromatic heterocycles. The molecule has 0 fully saturated rings. The molecule has 0 saturated heterocycles. The number of thioether (sulfide) groups is 1. The van der Waals surface area contributed by atoms with Crippen LogP contribution in [0.4, 0.5) is 0 Å². The van der Waals surface area contributed by atoms with E-state index >= 15 is 0 Å². The minimum Gasteiger partial charge on any atom is -0.485 e. The largest absolute Gasteiger partial charge is 0.485 e. The fourth-order valence-electron chi connectivity index (χ4n) is 2.77. The molecule has 1 N–H and O–H groups in total. The molecular weight excluding hydrogens is 462 g/mol. The monoisotopic (exact) mass is 481 g/mol. The predicted octanol–water partition coefficient (Wildman–Crippen LogP) is 2.71. The van der Waals surface area contributed by atoms with Gasteiger partial charge in [0, 0.05) is 11.4 Å². The second-order valence-electron chi connectivity index (χ2n) is 6.66. The number of para-hydroxylation sites is 2. The van der Waals surface area contributed by atoms with Gasteiger partial charge < -0.3 is 13.9 Å². The van der Waals surface area contributed by atoms with Crippen LogP contribution >= 0.6 is 23.1 Å². The highest BCUT2D eigenvalue weighted by atomic mass is 32.2. The van der Waals surface area contributed by atoms with Crippen LogP contribution in [0.15, 0.2) is 46.0 Å². The van der Waals surface area contributed by atoms with Crippen LogP contribution in [0.5, 0.6) is 11.5 Å². The minimum atomic E-state index is -3.22. The first-order valence-corrected chi connectivity index (χ1v) is 13.0. The summed E-state index contributed by atoms with van der Waals surface area (Å²) in [6.45, 7) is 0.554. The van der Waals surface area contributed by atoms with Crippen LogP contribution in [0.2, 0.25) is 0 Å². The van der Waals surface area contributed by atoms with Gasteiger partial charge in [0.05, 0.1) is 16.9 Å². The molecule has 12 heteroatoms. The number of rotatable bonds is 9. The first-order chi connectivity index (χ1) is 14.9. The Balaban J connectivity index is 1.28. The summed E-state index contributed by atoms with van der Waals surface area (Å²) < 4.78 is 41.8. The molecular formula is C19H19N3O6S3. The van der Waals surface area contributed by atoms with E-state index in [1.807, 2.05) is 24.3 Å². The van der Waals surface area contributed by atoms with E-state index < -0.39 is 16.1 Å². The predicted molar refractivity (Wildman–Crippen MR) is 116 cm³/mol. The number of thiophene rings is 1. The number of fused-ring (bicyclic) bond motifs is 1. The van der Waals surface area contributed by atoms with Gasteiger partial charge in [-0.2, -0.15) is 0 Å². The number of ketones is 1. The molecule has 1 atom stereocenters. The second kappa shape index (κ2) is 9.39. The molecule has 0 spiro atoms. The number of ether oxygens (including phenoxy) is 2. The number of Topliss-reactive ketones (excluding diaryl/α,β-unsaturated/α-hetero) is 1. The van der Waals surface area contributed by atoms with Crippen molar-refractivity contribution in [3.05, 3.63) is 52.0 Å². The average Bonchev–Trinajstić information content (AvgIpc) is 3.41. The number of hydrogen-bond donors (Lipinski definition) is 1. The van der Waals surface area contributed by atoms with E-state index in [0.717, 1.165) is 22.9 Å². The summed E-state index contributed by atoms with van der Waals surface area (Å²) in [6, 6.07) is 10.9. The van der Waals surface area contributed by atoms with Crippen molar-refractivity contribution >= 4 is 38.9 Å². The standard InChI is InChI=1S/C19H19N3O6S3/c1-31(24,25)20-9-8-12-6-7-17(30-12)13(23)11-29-19-22-21-18(28-19)16-10-26-14-4-2-3-5-15(14)27-16/h2-7,16,20H,8-11H2,1H3. The normalized spacial score (nSPS) is 15.7. The van der Waals surface area contributed by atoms with E-state index in [-0.39, 0.29) is 23.4 Å². The van der Waals surface area contributed by atoms with Crippen molar-refractivity contribution in [3.8, 4) is 11.5 Å². The molecule has 4 rings (SSSR count). The first kappa shape index (κ1) is 21.8. The Morgan fingerprint density at radius 2 is 2.03 bits per heavy atom. The Morgan fingerprint density at radius 1 is 1.23 bits per heavy atom. The third-order valence-corrected chi connectivity index (χ3v) is 6.94. The van der Waals surface area contributed by atoms with Crippen molar-refractivity contribution in [1.82, 2.24) is 14.9 Å². The van der Waals surface area contributed by atoms with E-state index in [1.54, 1.807) is 12.1 Å². The van der Waals surface area contributed by atoms with Crippen molar-refractivity contribution < 1.29 is 27.1 Å². The molecule has 1 aliphatic heterocycles. The summed E-state index contributed by atoms with van der Waals surface area (Å²) in [5, 5.41) is 8.27. The minimum absolute atomic E-state index is 0.0664. The fourth-order valence-corrected chi connectivity index (χ4v) is 4.93. The molecule has 0 aliphatic carbocycles. The van der Waals surface area contributed by atoms with E-state index in [9.17, 15) is 13.2 Å². The Kier molecular flexibility index (Phi) is 6.60. The average molecular weight is 482 g/mol. The SMILES string of the molecule is CS(=O)(=O)NCCc1ccc(C(=O)CSc2nnc(C3COc4ccccc4O3)o2)s1. The van der Waals surface area contributed by atoms with Crippen LogP contribution in [0.3, 0.4) is 0 Å². The Morgan fingerprint density at radius 3 is 2.84 bits per heavy atom. The molecule has 3 heterocycles. The lowest BCUT2D eigenvalue weighted by atomic mass is 10.2. The van der Waals surface area contributed by atoms with Crippen LogP contribution in [-0.2, 0) is 16.4 Å². The van der Waals surface area contributed by atoms with Crippen LogP contribution in [-0.4, -0.2) is 49.6 Å². The smallest absolute Gasteiger partial charge is 0.277 e. The van der Waals surface area contributed by atoms with Gasteiger partial charge >= 0.3 is 0 Å². The summed E-state index contributed by atoms with van der Waals surface area (Å²) in [4.78, 5) is 14.0. The molecule has 0 amide bonds. The maximum absolute atomic E-state index is 12.5. The third kappa shape index (κ3) is 5.85. The highest BCUT2D eigenvalue weighted by molar-refractivity contribution is 7.99. The number of sulfonamides is 1.